The molecule has 0 unspecified atom stereocenters. The van der Waals surface area contributed by atoms with Crippen LogP contribution in [0.3, 0.4) is 0 Å². The molecule has 0 atom stereocenters. The van der Waals surface area contributed by atoms with E-state index >= 15 is 0 Å². The molecule has 0 radical (unpaired) electrons. The number of nitrogens with zero attached hydrogens (tertiary/aromatic N) is 5. The molecule has 6 rings (SSSR count). The summed E-state index contributed by atoms with van der Waals surface area (Å²) in [5.74, 6) is 0.848. The van der Waals surface area contributed by atoms with E-state index in [1.165, 1.54) is 30.0 Å². The van der Waals surface area contributed by atoms with Crippen LogP contribution in [0.15, 0.2) is 101 Å². The summed E-state index contributed by atoms with van der Waals surface area (Å²) in [6.07, 6.45) is 1.56. The largest absolute Gasteiger partial charge is 0.461 e. The lowest BCUT2D eigenvalue weighted by Crippen LogP contribution is -2.49. The quantitative estimate of drug-likeness (QED) is 0.227. The second kappa shape index (κ2) is 11.4. The number of amides is 1. The zero-order chi connectivity index (χ0) is 27.5. The molecule has 0 aliphatic carbocycles. The molecule has 1 amide bonds. The summed E-state index contributed by atoms with van der Waals surface area (Å²) in [6, 6.07) is 23.9. The molecule has 5 aromatic rings. The fourth-order valence-electron chi connectivity index (χ4n) is 4.78. The van der Waals surface area contributed by atoms with E-state index in [0.717, 1.165) is 5.56 Å². The number of thioether (sulfide) groups is 1. The second-order valence-electron chi connectivity index (χ2n) is 9.27. The summed E-state index contributed by atoms with van der Waals surface area (Å²) < 4.78 is 35.3. The number of halogens is 2. The lowest BCUT2D eigenvalue weighted by Gasteiger charge is -2.36. The van der Waals surface area contributed by atoms with Crippen molar-refractivity contribution < 1.29 is 18.0 Å². The summed E-state index contributed by atoms with van der Waals surface area (Å²) in [5, 5.41) is 9.30. The van der Waals surface area contributed by atoms with Gasteiger partial charge in [-0.1, -0.05) is 42.1 Å². The van der Waals surface area contributed by atoms with E-state index < -0.39 is 0 Å². The molecular weight excluding hydrogens is 532 g/mol. The van der Waals surface area contributed by atoms with Gasteiger partial charge in [0.15, 0.2) is 10.9 Å². The molecule has 202 valence electrons. The van der Waals surface area contributed by atoms with Crippen molar-refractivity contribution in [2.75, 3.05) is 31.1 Å². The lowest BCUT2D eigenvalue weighted by atomic mass is 10.1. The Bertz CT molecular complexity index is 1610. The molecule has 3 aromatic carbocycles. The Morgan fingerprint density at radius 2 is 1.60 bits per heavy atom. The number of furan rings is 1. The van der Waals surface area contributed by atoms with Crippen molar-refractivity contribution in [1.82, 2.24) is 19.7 Å². The Labute approximate surface area is 234 Å². The molecule has 7 nitrogen and oxygen atoms in total. The average molecular weight is 558 g/mol. The minimum atomic E-state index is -0.340. The van der Waals surface area contributed by atoms with Gasteiger partial charge in [-0.2, -0.15) is 0 Å². The standard InChI is InChI=1S/C30H25F2N5O2S/c31-22-11-13-23(14-12-22)37-28(27-10-5-19-39-27)33-34-30(37)40-20-21-6-1-2-7-24(21)29(38)36-17-15-35(16-18-36)26-9-4-3-8-25(26)32/h1-14,19H,15-18,20H2. The van der Waals surface area contributed by atoms with Crippen molar-refractivity contribution in [3.05, 3.63) is 114 Å². The third-order valence-electron chi connectivity index (χ3n) is 6.82. The van der Waals surface area contributed by atoms with Crippen LogP contribution in [0.25, 0.3) is 17.3 Å². The van der Waals surface area contributed by atoms with E-state index in [0.29, 0.717) is 65.6 Å². The summed E-state index contributed by atoms with van der Waals surface area (Å²) in [7, 11) is 0. The number of anilines is 1. The van der Waals surface area contributed by atoms with Crippen molar-refractivity contribution in [2.24, 2.45) is 0 Å². The Kier molecular flexibility index (Phi) is 7.33. The Balaban J connectivity index is 1.20. The Morgan fingerprint density at radius 1 is 0.850 bits per heavy atom. The van der Waals surface area contributed by atoms with Gasteiger partial charge in [-0.3, -0.25) is 9.36 Å². The van der Waals surface area contributed by atoms with Crippen LogP contribution in [0.2, 0.25) is 0 Å². The molecule has 1 aliphatic rings. The first-order valence-electron chi connectivity index (χ1n) is 12.8. The van der Waals surface area contributed by atoms with Gasteiger partial charge in [0.2, 0.25) is 5.82 Å². The lowest BCUT2D eigenvalue weighted by molar-refractivity contribution is 0.0746. The highest BCUT2D eigenvalue weighted by Gasteiger charge is 2.25. The van der Waals surface area contributed by atoms with Crippen LogP contribution in [0, 0.1) is 11.6 Å². The maximum absolute atomic E-state index is 14.3. The molecule has 3 heterocycles. The van der Waals surface area contributed by atoms with Crippen LogP contribution in [0.5, 0.6) is 0 Å². The highest BCUT2D eigenvalue weighted by atomic mass is 32.2. The van der Waals surface area contributed by atoms with E-state index in [9.17, 15) is 13.6 Å². The summed E-state index contributed by atoms with van der Waals surface area (Å²) in [6.45, 7) is 2.11. The van der Waals surface area contributed by atoms with Gasteiger partial charge in [0, 0.05) is 37.5 Å². The predicted molar refractivity (Wildman–Crippen MR) is 150 cm³/mol. The van der Waals surface area contributed by atoms with Gasteiger partial charge >= 0.3 is 0 Å². The van der Waals surface area contributed by atoms with Crippen LogP contribution >= 0.6 is 11.8 Å². The number of rotatable bonds is 7. The summed E-state index contributed by atoms with van der Waals surface area (Å²) in [5.41, 5.74) is 2.73. The smallest absolute Gasteiger partial charge is 0.254 e. The number of para-hydroxylation sites is 1. The normalized spacial score (nSPS) is 13.6. The maximum atomic E-state index is 14.3. The molecule has 1 aliphatic heterocycles. The number of aromatic nitrogens is 3. The fourth-order valence-corrected chi connectivity index (χ4v) is 5.73. The number of piperazine rings is 1. The van der Waals surface area contributed by atoms with Crippen LogP contribution < -0.4 is 4.90 Å². The minimum absolute atomic E-state index is 0.0549. The molecule has 40 heavy (non-hydrogen) atoms. The molecule has 0 spiro atoms. The van der Waals surface area contributed by atoms with Gasteiger partial charge < -0.3 is 14.2 Å². The van der Waals surface area contributed by atoms with E-state index in [1.54, 1.807) is 42.7 Å². The number of hydrogen-bond donors (Lipinski definition) is 0. The highest BCUT2D eigenvalue weighted by molar-refractivity contribution is 7.98. The Morgan fingerprint density at radius 3 is 2.35 bits per heavy atom. The predicted octanol–water partition coefficient (Wildman–Crippen LogP) is 6.06. The van der Waals surface area contributed by atoms with Gasteiger partial charge in [0.05, 0.1) is 17.6 Å². The van der Waals surface area contributed by atoms with Gasteiger partial charge in [-0.05, 0) is 60.2 Å². The monoisotopic (exact) mass is 557 g/mol. The topological polar surface area (TPSA) is 67.4 Å². The van der Waals surface area contributed by atoms with E-state index in [4.69, 9.17) is 4.42 Å². The first-order valence-corrected chi connectivity index (χ1v) is 13.8. The number of carbonyl (C=O) groups excluding carboxylic acids is 1. The van der Waals surface area contributed by atoms with Gasteiger partial charge in [-0.25, -0.2) is 8.78 Å². The molecule has 1 fully saturated rings. The molecule has 0 N–H and O–H groups in total. The molecular formula is C30H25F2N5O2S. The van der Waals surface area contributed by atoms with Crippen LogP contribution in [0.1, 0.15) is 15.9 Å². The molecule has 0 bridgehead atoms. The number of benzene rings is 3. The first kappa shape index (κ1) is 25.8. The molecule has 2 aromatic heterocycles. The number of hydrogen-bond acceptors (Lipinski definition) is 6. The van der Waals surface area contributed by atoms with Crippen molar-refractivity contribution in [3.63, 3.8) is 0 Å². The minimum Gasteiger partial charge on any atom is -0.461 e. The van der Waals surface area contributed by atoms with Gasteiger partial charge in [-0.15, -0.1) is 10.2 Å². The first-order chi connectivity index (χ1) is 19.6. The van der Waals surface area contributed by atoms with E-state index in [-0.39, 0.29) is 17.5 Å². The van der Waals surface area contributed by atoms with Gasteiger partial charge in [0.1, 0.15) is 11.6 Å². The van der Waals surface area contributed by atoms with Gasteiger partial charge in [0.25, 0.3) is 5.91 Å². The zero-order valence-electron chi connectivity index (χ0n) is 21.4. The third-order valence-corrected chi connectivity index (χ3v) is 7.80. The van der Waals surface area contributed by atoms with Crippen molar-refractivity contribution in [1.29, 1.82) is 0 Å². The highest BCUT2D eigenvalue weighted by Crippen LogP contribution is 2.31. The van der Waals surface area contributed by atoms with Crippen molar-refractivity contribution in [3.8, 4) is 17.3 Å². The second-order valence-corrected chi connectivity index (χ2v) is 10.2. The fraction of sp³-hybridized carbons (Fsp3) is 0.167. The summed E-state index contributed by atoms with van der Waals surface area (Å²) >= 11 is 1.43. The van der Waals surface area contributed by atoms with Crippen LogP contribution in [-0.4, -0.2) is 51.8 Å². The SMILES string of the molecule is O=C(c1ccccc1CSc1nnc(-c2ccco2)n1-c1ccc(F)cc1)N1CCN(c2ccccc2F)CC1. The van der Waals surface area contributed by atoms with Crippen molar-refractivity contribution in [2.45, 2.75) is 10.9 Å². The Hall–Kier alpha value is -4.44. The van der Waals surface area contributed by atoms with Crippen molar-refractivity contribution >= 4 is 23.4 Å². The third kappa shape index (κ3) is 5.22. The van der Waals surface area contributed by atoms with Crippen LogP contribution in [0.4, 0.5) is 14.5 Å². The van der Waals surface area contributed by atoms with E-state index in [1.807, 2.05) is 44.7 Å². The number of carbonyl (C=O) groups is 1. The van der Waals surface area contributed by atoms with Crippen LogP contribution in [-0.2, 0) is 5.75 Å². The maximum Gasteiger partial charge on any atom is 0.254 e. The summed E-state index contributed by atoms with van der Waals surface area (Å²) in [4.78, 5) is 17.4. The molecule has 0 saturated carbocycles. The zero-order valence-corrected chi connectivity index (χ0v) is 22.2. The van der Waals surface area contributed by atoms with E-state index in [2.05, 4.69) is 10.2 Å². The molecule has 1 saturated heterocycles. The average Bonchev–Trinajstić information content (AvgIpc) is 3.67. The molecule has 10 heteroatoms.